The highest BCUT2D eigenvalue weighted by Crippen LogP contribution is 2.16. The third-order valence-electron chi connectivity index (χ3n) is 2.68. The average Bonchev–Trinajstić information content (AvgIpc) is 2.64. The number of imide groups is 1. The molecule has 0 radical (unpaired) electrons. The largest absolute Gasteiger partial charge is 0.370 e. The monoisotopic (exact) mass is 233 g/mol. The zero-order valence-corrected chi connectivity index (χ0v) is 9.77. The molecule has 1 aromatic heterocycles. The van der Waals surface area contributed by atoms with Crippen molar-refractivity contribution in [1.82, 2.24) is 9.88 Å². The van der Waals surface area contributed by atoms with E-state index < -0.39 is 0 Å². The van der Waals surface area contributed by atoms with E-state index in [4.69, 9.17) is 0 Å². The second-order valence-corrected chi connectivity index (χ2v) is 3.96. The minimum Gasteiger partial charge on any atom is -0.370 e. The van der Waals surface area contributed by atoms with Gasteiger partial charge in [-0.05, 0) is 18.6 Å². The molecule has 2 amide bonds. The predicted molar refractivity (Wildman–Crippen MR) is 63.2 cm³/mol. The molecular weight excluding hydrogens is 218 g/mol. The Kier molecular flexibility index (Phi) is 3.37. The van der Waals surface area contributed by atoms with E-state index in [0.29, 0.717) is 19.4 Å². The molecule has 1 N–H and O–H groups in total. The van der Waals surface area contributed by atoms with Gasteiger partial charge in [0.1, 0.15) is 5.82 Å². The molecular formula is C12H15N3O2. The Morgan fingerprint density at radius 3 is 2.53 bits per heavy atom. The number of anilines is 1. The molecule has 0 atom stereocenters. The summed E-state index contributed by atoms with van der Waals surface area (Å²) in [4.78, 5) is 28.4. The van der Waals surface area contributed by atoms with Gasteiger partial charge in [0.25, 0.3) is 0 Å². The highest BCUT2D eigenvalue weighted by atomic mass is 16.2. The first-order chi connectivity index (χ1) is 8.20. The number of carbonyl (C=O) groups is 2. The summed E-state index contributed by atoms with van der Waals surface area (Å²) >= 11 is 0. The van der Waals surface area contributed by atoms with Gasteiger partial charge in [0.05, 0.1) is 6.54 Å². The minimum absolute atomic E-state index is 0.0919. The van der Waals surface area contributed by atoms with Crippen LogP contribution in [0.25, 0.3) is 0 Å². The topological polar surface area (TPSA) is 62.3 Å². The van der Waals surface area contributed by atoms with E-state index in [9.17, 15) is 9.59 Å². The number of nitrogens with one attached hydrogen (secondary N) is 1. The van der Waals surface area contributed by atoms with Gasteiger partial charge >= 0.3 is 0 Å². The molecule has 90 valence electrons. The molecule has 1 saturated heterocycles. The van der Waals surface area contributed by atoms with Crippen molar-refractivity contribution < 1.29 is 9.59 Å². The predicted octanol–water partition coefficient (Wildman–Crippen LogP) is 1.16. The maximum atomic E-state index is 11.4. The number of hydrogen-bond donors (Lipinski definition) is 1. The summed E-state index contributed by atoms with van der Waals surface area (Å²) in [6.45, 7) is 3.14. The average molecular weight is 233 g/mol. The van der Waals surface area contributed by atoms with Crippen LogP contribution in [0.3, 0.4) is 0 Å². The second kappa shape index (κ2) is 4.95. The molecule has 2 heterocycles. The summed E-state index contributed by atoms with van der Waals surface area (Å²) in [6.07, 6.45) is 2.36. The van der Waals surface area contributed by atoms with Gasteiger partial charge in [-0.1, -0.05) is 6.07 Å². The third-order valence-corrected chi connectivity index (χ3v) is 2.68. The molecule has 1 aliphatic heterocycles. The number of hydrogen-bond acceptors (Lipinski definition) is 4. The normalized spacial score (nSPS) is 15.5. The fourth-order valence-electron chi connectivity index (χ4n) is 1.79. The standard InChI is InChI=1S/C12H15N3O2/c1-2-13-10-4-3-9(7-14-10)8-15-11(16)5-6-12(15)17/h3-4,7H,2,5-6,8H2,1H3,(H,13,14). The van der Waals surface area contributed by atoms with Crippen molar-refractivity contribution >= 4 is 17.6 Å². The highest BCUT2D eigenvalue weighted by molar-refractivity contribution is 6.01. The second-order valence-electron chi connectivity index (χ2n) is 3.96. The first kappa shape index (κ1) is 11.6. The zero-order valence-electron chi connectivity index (χ0n) is 9.77. The van der Waals surface area contributed by atoms with Gasteiger partial charge in [0.2, 0.25) is 11.8 Å². The van der Waals surface area contributed by atoms with E-state index in [0.717, 1.165) is 17.9 Å². The lowest BCUT2D eigenvalue weighted by atomic mass is 10.2. The van der Waals surface area contributed by atoms with Gasteiger partial charge in [0.15, 0.2) is 0 Å². The van der Waals surface area contributed by atoms with E-state index in [1.807, 2.05) is 19.1 Å². The highest BCUT2D eigenvalue weighted by Gasteiger charge is 2.28. The Morgan fingerprint density at radius 2 is 2.00 bits per heavy atom. The van der Waals surface area contributed by atoms with Crippen LogP contribution in [-0.2, 0) is 16.1 Å². The van der Waals surface area contributed by atoms with Gasteiger partial charge in [0, 0.05) is 25.6 Å². The summed E-state index contributed by atoms with van der Waals surface area (Å²) in [5.74, 6) is 0.617. The van der Waals surface area contributed by atoms with Crippen LogP contribution in [-0.4, -0.2) is 28.2 Å². The summed E-state index contributed by atoms with van der Waals surface area (Å²) in [5.41, 5.74) is 0.871. The van der Waals surface area contributed by atoms with Crippen molar-refractivity contribution in [2.75, 3.05) is 11.9 Å². The van der Waals surface area contributed by atoms with Crippen molar-refractivity contribution in [2.24, 2.45) is 0 Å². The molecule has 1 fully saturated rings. The van der Waals surface area contributed by atoms with Gasteiger partial charge in [-0.3, -0.25) is 14.5 Å². The SMILES string of the molecule is CCNc1ccc(CN2C(=O)CCC2=O)cn1. The molecule has 1 aliphatic rings. The first-order valence-corrected chi connectivity index (χ1v) is 5.72. The molecule has 17 heavy (non-hydrogen) atoms. The number of pyridine rings is 1. The van der Waals surface area contributed by atoms with Crippen molar-refractivity contribution in [3.63, 3.8) is 0 Å². The zero-order chi connectivity index (χ0) is 12.3. The van der Waals surface area contributed by atoms with Gasteiger partial charge < -0.3 is 5.32 Å². The minimum atomic E-state index is -0.0919. The quantitative estimate of drug-likeness (QED) is 0.793. The Balaban J connectivity index is 2.03. The lowest BCUT2D eigenvalue weighted by molar-refractivity contribution is -0.139. The van der Waals surface area contributed by atoms with Crippen LogP contribution in [0.2, 0.25) is 0 Å². The first-order valence-electron chi connectivity index (χ1n) is 5.72. The molecule has 0 aliphatic carbocycles. The lowest BCUT2D eigenvalue weighted by Crippen LogP contribution is -2.28. The van der Waals surface area contributed by atoms with Crippen LogP contribution in [0, 0.1) is 0 Å². The van der Waals surface area contributed by atoms with Crippen molar-refractivity contribution in [2.45, 2.75) is 26.3 Å². The van der Waals surface area contributed by atoms with E-state index in [2.05, 4.69) is 10.3 Å². The molecule has 5 heteroatoms. The van der Waals surface area contributed by atoms with Crippen LogP contribution in [0.15, 0.2) is 18.3 Å². The smallest absolute Gasteiger partial charge is 0.229 e. The van der Waals surface area contributed by atoms with Crippen molar-refractivity contribution in [1.29, 1.82) is 0 Å². The number of carbonyl (C=O) groups excluding carboxylic acids is 2. The maximum absolute atomic E-state index is 11.4. The summed E-state index contributed by atoms with van der Waals surface area (Å²) in [7, 11) is 0. The molecule has 1 aromatic rings. The number of aromatic nitrogens is 1. The molecule has 0 bridgehead atoms. The Labute approximate surface area is 99.8 Å². The van der Waals surface area contributed by atoms with Crippen LogP contribution in [0.5, 0.6) is 0 Å². The van der Waals surface area contributed by atoms with Crippen molar-refractivity contribution in [3.8, 4) is 0 Å². The molecule has 0 unspecified atom stereocenters. The lowest BCUT2D eigenvalue weighted by Gasteiger charge is -2.13. The van der Waals surface area contributed by atoms with E-state index >= 15 is 0 Å². The summed E-state index contributed by atoms with van der Waals surface area (Å²) in [6, 6.07) is 3.73. The molecule has 2 rings (SSSR count). The fourth-order valence-corrected chi connectivity index (χ4v) is 1.79. The fraction of sp³-hybridized carbons (Fsp3) is 0.417. The third kappa shape index (κ3) is 2.61. The molecule has 0 spiro atoms. The van der Waals surface area contributed by atoms with Crippen LogP contribution in [0.1, 0.15) is 25.3 Å². The Bertz CT molecular complexity index is 412. The molecule has 0 saturated carbocycles. The van der Waals surface area contributed by atoms with Crippen LogP contribution < -0.4 is 5.32 Å². The number of rotatable bonds is 4. The number of nitrogens with zero attached hydrogens (tertiary/aromatic N) is 2. The van der Waals surface area contributed by atoms with Crippen LogP contribution >= 0.6 is 0 Å². The van der Waals surface area contributed by atoms with Gasteiger partial charge in [-0.2, -0.15) is 0 Å². The van der Waals surface area contributed by atoms with E-state index in [1.54, 1.807) is 6.20 Å². The summed E-state index contributed by atoms with van der Waals surface area (Å²) < 4.78 is 0. The van der Waals surface area contributed by atoms with Gasteiger partial charge in [-0.25, -0.2) is 4.98 Å². The Hall–Kier alpha value is -1.91. The molecule has 0 aromatic carbocycles. The van der Waals surface area contributed by atoms with E-state index in [-0.39, 0.29) is 11.8 Å². The Morgan fingerprint density at radius 1 is 1.29 bits per heavy atom. The van der Waals surface area contributed by atoms with Gasteiger partial charge in [-0.15, -0.1) is 0 Å². The van der Waals surface area contributed by atoms with Crippen LogP contribution in [0.4, 0.5) is 5.82 Å². The summed E-state index contributed by atoms with van der Waals surface area (Å²) in [5, 5.41) is 3.09. The van der Waals surface area contributed by atoms with Crippen molar-refractivity contribution in [3.05, 3.63) is 23.9 Å². The van der Waals surface area contributed by atoms with E-state index in [1.165, 1.54) is 4.90 Å². The maximum Gasteiger partial charge on any atom is 0.229 e. The molecule has 5 nitrogen and oxygen atoms in total. The number of amides is 2. The number of likely N-dealkylation sites (tertiary alicyclic amines) is 1.